The van der Waals surface area contributed by atoms with Crippen LogP contribution in [0.25, 0.3) is 0 Å². The maximum atomic E-state index is 12.6. The highest BCUT2D eigenvalue weighted by Crippen LogP contribution is 2.27. The van der Waals surface area contributed by atoms with E-state index in [2.05, 4.69) is 4.74 Å². The normalized spacial score (nSPS) is 13.8. The van der Waals surface area contributed by atoms with E-state index in [4.69, 9.17) is 16.2 Å². The van der Waals surface area contributed by atoms with Crippen LogP contribution in [0.3, 0.4) is 0 Å². The van der Waals surface area contributed by atoms with E-state index in [0.29, 0.717) is 3.57 Å². The van der Waals surface area contributed by atoms with Crippen LogP contribution in [0.2, 0.25) is 5.02 Å². The second kappa shape index (κ2) is 6.67. The average molecular weight is 459 g/mol. The van der Waals surface area contributed by atoms with E-state index in [1.165, 1.54) is 12.1 Å². The van der Waals surface area contributed by atoms with Gasteiger partial charge in [0.2, 0.25) is 6.10 Å². The predicted molar refractivity (Wildman–Crippen MR) is 75.8 cm³/mol. The standard InChI is InChI=1S/C10H7ClF3IO5S/c11-7-3-5(15)1-2-6(7)9(16)20-8(10(12,13)14)4-21(17,18)19/h1-3,8H,4H2,(H,17,18,19). The predicted octanol–water partition coefficient (Wildman–Crippen LogP) is 2.92. The fourth-order valence-corrected chi connectivity index (χ4v) is 2.81. The Morgan fingerprint density at radius 3 is 2.43 bits per heavy atom. The fraction of sp³-hybridized carbons (Fsp3) is 0.300. The van der Waals surface area contributed by atoms with Crippen molar-refractivity contribution in [2.24, 2.45) is 0 Å². The molecular formula is C10H7ClF3IO5S. The summed E-state index contributed by atoms with van der Waals surface area (Å²) in [7, 11) is -4.98. The molecule has 0 aliphatic carbocycles. The molecule has 0 aliphatic heterocycles. The molecule has 0 amide bonds. The minimum absolute atomic E-state index is 0.139. The molecule has 0 aliphatic rings. The molecule has 0 heterocycles. The summed E-state index contributed by atoms with van der Waals surface area (Å²) < 4.78 is 72.1. The molecule has 11 heteroatoms. The van der Waals surface area contributed by atoms with Gasteiger partial charge >= 0.3 is 12.1 Å². The summed E-state index contributed by atoms with van der Waals surface area (Å²) in [6, 6.07) is 3.88. The van der Waals surface area contributed by atoms with Crippen molar-refractivity contribution < 1.29 is 35.7 Å². The third kappa shape index (κ3) is 5.96. The van der Waals surface area contributed by atoms with Gasteiger partial charge in [-0.1, -0.05) is 11.6 Å². The van der Waals surface area contributed by atoms with E-state index >= 15 is 0 Å². The van der Waals surface area contributed by atoms with Crippen molar-refractivity contribution in [3.05, 3.63) is 32.4 Å². The minimum Gasteiger partial charge on any atom is -0.448 e. The Morgan fingerprint density at radius 2 is 2.00 bits per heavy atom. The first-order chi connectivity index (χ1) is 9.40. The molecule has 1 atom stereocenters. The van der Waals surface area contributed by atoms with Gasteiger partial charge in [0.15, 0.2) is 0 Å². The second-order valence-corrected chi connectivity index (χ2v) is 6.96. The van der Waals surface area contributed by atoms with Gasteiger partial charge in [-0.05, 0) is 40.8 Å². The van der Waals surface area contributed by atoms with Crippen LogP contribution >= 0.6 is 34.2 Å². The van der Waals surface area contributed by atoms with Gasteiger partial charge < -0.3 is 4.74 Å². The van der Waals surface area contributed by atoms with E-state index in [9.17, 15) is 26.4 Å². The molecule has 0 radical (unpaired) electrons. The van der Waals surface area contributed by atoms with Crippen LogP contribution in [-0.2, 0) is 14.9 Å². The zero-order valence-corrected chi connectivity index (χ0v) is 13.6. The molecular weight excluding hydrogens is 452 g/mol. The van der Waals surface area contributed by atoms with E-state index in [-0.39, 0.29) is 10.6 Å². The summed E-state index contributed by atoms with van der Waals surface area (Å²) in [4.78, 5) is 11.6. The summed E-state index contributed by atoms with van der Waals surface area (Å²) in [5.74, 6) is -3.23. The van der Waals surface area contributed by atoms with Gasteiger partial charge in [0.1, 0.15) is 5.75 Å². The molecule has 1 aromatic carbocycles. The summed E-state index contributed by atoms with van der Waals surface area (Å²) in [5.41, 5.74) is -0.346. The molecule has 118 valence electrons. The van der Waals surface area contributed by atoms with Gasteiger partial charge in [-0.15, -0.1) is 0 Å². The zero-order valence-electron chi connectivity index (χ0n) is 9.89. The van der Waals surface area contributed by atoms with Crippen LogP contribution < -0.4 is 0 Å². The molecule has 0 saturated heterocycles. The zero-order chi connectivity index (χ0) is 16.4. The van der Waals surface area contributed by atoms with Crippen molar-refractivity contribution in [1.29, 1.82) is 0 Å². The van der Waals surface area contributed by atoms with Gasteiger partial charge in [-0.2, -0.15) is 21.6 Å². The van der Waals surface area contributed by atoms with Gasteiger partial charge in [-0.25, -0.2) is 4.79 Å². The SMILES string of the molecule is O=C(OC(CS(=O)(=O)O)C(F)(F)F)c1ccc(I)cc1Cl. The van der Waals surface area contributed by atoms with Gasteiger partial charge in [-0.3, -0.25) is 4.55 Å². The molecule has 1 rings (SSSR count). The number of alkyl halides is 3. The van der Waals surface area contributed by atoms with Crippen molar-refractivity contribution in [3.8, 4) is 0 Å². The van der Waals surface area contributed by atoms with Crippen molar-refractivity contribution in [2.45, 2.75) is 12.3 Å². The highest BCUT2D eigenvalue weighted by atomic mass is 127. The topological polar surface area (TPSA) is 80.7 Å². The Kier molecular flexibility index (Phi) is 5.86. The van der Waals surface area contributed by atoms with E-state index in [0.717, 1.165) is 6.07 Å². The molecule has 5 nitrogen and oxygen atoms in total. The Labute approximate surface area is 136 Å². The van der Waals surface area contributed by atoms with Crippen molar-refractivity contribution >= 4 is 50.3 Å². The number of benzene rings is 1. The van der Waals surface area contributed by atoms with Crippen LogP contribution in [0.15, 0.2) is 18.2 Å². The lowest BCUT2D eigenvalue weighted by molar-refractivity contribution is -0.197. The lowest BCUT2D eigenvalue weighted by Crippen LogP contribution is -2.39. The summed E-state index contributed by atoms with van der Waals surface area (Å²) in [6.07, 6.45) is -8.14. The van der Waals surface area contributed by atoms with E-state index < -0.39 is 34.1 Å². The number of hydrogen-bond acceptors (Lipinski definition) is 4. The molecule has 0 bridgehead atoms. The Morgan fingerprint density at radius 1 is 1.43 bits per heavy atom. The molecule has 0 aromatic heterocycles. The first-order valence-corrected chi connectivity index (χ1v) is 8.14. The number of halogens is 5. The Hall–Kier alpha value is -0.590. The van der Waals surface area contributed by atoms with Crippen molar-refractivity contribution in [2.75, 3.05) is 5.75 Å². The number of carbonyl (C=O) groups excluding carboxylic acids is 1. The van der Waals surface area contributed by atoms with Crippen molar-refractivity contribution in [3.63, 3.8) is 0 Å². The number of ether oxygens (including phenoxy) is 1. The monoisotopic (exact) mass is 458 g/mol. The van der Waals surface area contributed by atoms with Crippen molar-refractivity contribution in [1.82, 2.24) is 0 Å². The quantitative estimate of drug-likeness (QED) is 0.426. The third-order valence-electron chi connectivity index (χ3n) is 2.13. The lowest BCUT2D eigenvalue weighted by atomic mass is 10.2. The molecule has 0 spiro atoms. The third-order valence-corrected chi connectivity index (χ3v) is 3.84. The molecule has 0 fully saturated rings. The van der Waals surface area contributed by atoms with E-state index in [1.54, 1.807) is 0 Å². The first-order valence-electron chi connectivity index (χ1n) is 5.08. The molecule has 1 unspecified atom stereocenters. The number of esters is 1. The highest BCUT2D eigenvalue weighted by Gasteiger charge is 2.45. The van der Waals surface area contributed by atoms with Gasteiger partial charge in [0.05, 0.1) is 10.6 Å². The lowest BCUT2D eigenvalue weighted by Gasteiger charge is -2.19. The van der Waals surface area contributed by atoms with E-state index in [1.807, 2.05) is 22.6 Å². The minimum atomic E-state index is -5.15. The van der Waals surface area contributed by atoms with Crippen LogP contribution in [0.4, 0.5) is 13.2 Å². The summed E-state index contributed by atoms with van der Waals surface area (Å²) in [5, 5.41) is -0.139. The molecule has 0 saturated carbocycles. The van der Waals surface area contributed by atoms with Crippen LogP contribution in [0.1, 0.15) is 10.4 Å². The molecule has 1 aromatic rings. The molecule has 21 heavy (non-hydrogen) atoms. The maximum Gasteiger partial charge on any atom is 0.426 e. The number of carbonyl (C=O) groups is 1. The molecule has 1 N–H and O–H groups in total. The number of hydrogen-bond donors (Lipinski definition) is 1. The highest BCUT2D eigenvalue weighted by molar-refractivity contribution is 14.1. The summed E-state index contributed by atoms with van der Waals surface area (Å²) in [6.45, 7) is 0. The first kappa shape index (κ1) is 18.5. The second-order valence-electron chi connectivity index (χ2n) is 3.81. The summed E-state index contributed by atoms with van der Waals surface area (Å²) >= 11 is 7.57. The largest absolute Gasteiger partial charge is 0.448 e. The van der Waals surface area contributed by atoms with Gasteiger partial charge in [0, 0.05) is 3.57 Å². The van der Waals surface area contributed by atoms with Crippen LogP contribution in [0, 0.1) is 3.57 Å². The Balaban J connectivity index is 3.01. The van der Waals surface area contributed by atoms with Crippen LogP contribution in [0.5, 0.6) is 0 Å². The number of rotatable bonds is 4. The fourth-order valence-electron chi connectivity index (χ4n) is 1.23. The average Bonchev–Trinajstić information content (AvgIpc) is 2.24. The Bertz CT molecular complexity index is 647. The smallest absolute Gasteiger partial charge is 0.426 e. The van der Waals surface area contributed by atoms with Gasteiger partial charge in [0.25, 0.3) is 10.1 Å². The van der Waals surface area contributed by atoms with Crippen LogP contribution in [-0.4, -0.2) is 37.0 Å². The maximum absolute atomic E-state index is 12.6.